The first-order valence-electron chi connectivity index (χ1n) is 4.80. The van der Waals surface area contributed by atoms with Crippen LogP contribution < -0.4 is 4.74 Å². The quantitative estimate of drug-likeness (QED) is 0.487. The summed E-state index contributed by atoms with van der Waals surface area (Å²) in [6.45, 7) is 4.36. The molecule has 0 heterocycles. The third kappa shape index (κ3) is 3.13. The maximum atomic E-state index is 8.72. The van der Waals surface area contributed by atoms with Crippen molar-refractivity contribution in [2.75, 3.05) is 6.61 Å². The van der Waals surface area contributed by atoms with Crippen LogP contribution in [0.25, 0.3) is 0 Å². The molecule has 1 aromatic rings. The Balaban J connectivity index is 3.03. The summed E-state index contributed by atoms with van der Waals surface area (Å²) in [5.41, 5.74) is 1.21. The predicted molar refractivity (Wildman–Crippen MR) is 61.2 cm³/mol. The largest absolute Gasteiger partial charge is 0.493 e. The van der Waals surface area contributed by atoms with Crippen molar-refractivity contribution in [2.45, 2.75) is 20.3 Å². The van der Waals surface area contributed by atoms with Crippen LogP contribution in [0.1, 0.15) is 25.8 Å². The number of benzene rings is 1. The first-order valence-corrected chi connectivity index (χ1v) is 5.18. The molecule has 0 aliphatic heterocycles. The van der Waals surface area contributed by atoms with Crippen LogP contribution in [0.4, 0.5) is 0 Å². The van der Waals surface area contributed by atoms with Gasteiger partial charge in [-0.2, -0.15) is 0 Å². The fourth-order valence-electron chi connectivity index (χ4n) is 1.18. The predicted octanol–water partition coefficient (Wildman–Crippen LogP) is 3.33. The maximum absolute atomic E-state index is 8.72. The summed E-state index contributed by atoms with van der Waals surface area (Å²) in [7, 11) is 0. The van der Waals surface area contributed by atoms with Gasteiger partial charge in [0.05, 0.1) is 12.3 Å². The number of halogens is 1. The molecule has 0 fully saturated rings. The maximum Gasteiger partial charge on any atom is 0.128 e. The van der Waals surface area contributed by atoms with Gasteiger partial charge in [0.2, 0.25) is 0 Å². The summed E-state index contributed by atoms with van der Waals surface area (Å²) in [6.07, 6.45) is 0.928. The Morgan fingerprint density at radius 2 is 2.27 bits per heavy atom. The number of hydrogen-bond acceptors (Lipinski definition) is 3. The SMILES string of the molecule is CCCOc1ccc(Cl)cc1/C(C)=N/O. The Kier molecular flexibility index (Phi) is 4.43. The number of ether oxygens (including phenoxy) is 1. The lowest BCUT2D eigenvalue weighted by atomic mass is 10.1. The molecule has 1 aromatic carbocycles. The van der Waals surface area contributed by atoms with Crippen LogP contribution in [0, 0.1) is 0 Å². The Bertz CT molecular complexity index is 364. The van der Waals surface area contributed by atoms with Gasteiger partial charge in [-0.25, -0.2) is 0 Å². The smallest absolute Gasteiger partial charge is 0.128 e. The fraction of sp³-hybridized carbons (Fsp3) is 0.364. The highest BCUT2D eigenvalue weighted by molar-refractivity contribution is 6.31. The average molecular weight is 228 g/mol. The van der Waals surface area contributed by atoms with E-state index in [-0.39, 0.29) is 0 Å². The van der Waals surface area contributed by atoms with Gasteiger partial charge in [0.25, 0.3) is 0 Å². The molecule has 4 heteroatoms. The Morgan fingerprint density at radius 3 is 2.87 bits per heavy atom. The van der Waals surface area contributed by atoms with Crippen molar-refractivity contribution in [3.63, 3.8) is 0 Å². The zero-order valence-electron chi connectivity index (χ0n) is 8.83. The van der Waals surface area contributed by atoms with Gasteiger partial charge < -0.3 is 9.94 Å². The molecule has 1 N–H and O–H groups in total. The summed E-state index contributed by atoms with van der Waals surface area (Å²) in [4.78, 5) is 0. The molecular weight excluding hydrogens is 214 g/mol. The molecule has 3 nitrogen and oxygen atoms in total. The van der Waals surface area contributed by atoms with Crippen molar-refractivity contribution in [1.29, 1.82) is 0 Å². The van der Waals surface area contributed by atoms with Crippen molar-refractivity contribution < 1.29 is 9.94 Å². The van der Waals surface area contributed by atoms with Gasteiger partial charge in [0.1, 0.15) is 5.75 Å². The monoisotopic (exact) mass is 227 g/mol. The highest BCUT2D eigenvalue weighted by Gasteiger charge is 2.07. The first kappa shape index (κ1) is 11.9. The highest BCUT2D eigenvalue weighted by atomic mass is 35.5. The second-order valence-electron chi connectivity index (χ2n) is 3.17. The van der Waals surface area contributed by atoms with E-state index in [1.165, 1.54) is 0 Å². The molecule has 0 amide bonds. The molecule has 0 aliphatic rings. The number of hydrogen-bond donors (Lipinski definition) is 1. The fourth-order valence-corrected chi connectivity index (χ4v) is 1.35. The summed E-state index contributed by atoms with van der Waals surface area (Å²) >= 11 is 5.86. The van der Waals surface area contributed by atoms with E-state index in [1.54, 1.807) is 25.1 Å². The molecule has 0 aliphatic carbocycles. The van der Waals surface area contributed by atoms with Crippen molar-refractivity contribution in [3.8, 4) is 5.75 Å². The van der Waals surface area contributed by atoms with Crippen LogP contribution in [0.5, 0.6) is 5.75 Å². The van der Waals surface area contributed by atoms with E-state index >= 15 is 0 Å². The average Bonchev–Trinajstić information content (AvgIpc) is 2.26. The molecule has 82 valence electrons. The zero-order valence-corrected chi connectivity index (χ0v) is 9.58. The van der Waals surface area contributed by atoms with Gasteiger partial charge in [-0.15, -0.1) is 0 Å². The molecule has 0 aromatic heterocycles. The minimum Gasteiger partial charge on any atom is -0.493 e. The lowest BCUT2D eigenvalue weighted by Gasteiger charge is -2.10. The third-order valence-electron chi connectivity index (χ3n) is 1.94. The van der Waals surface area contributed by atoms with E-state index in [0.29, 0.717) is 23.1 Å². The lowest BCUT2D eigenvalue weighted by molar-refractivity contribution is 0.312. The molecule has 15 heavy (non-hydrogen) atoms. The second kappa shape index (κ2) is 5.61. The molecule has 0 radical (unpaired) electrons. The molecule has 0 unspecified atom stereocenters. The Morgan fingerprint density at radius 1 is 1.53 bits per heavy atom. The summed E-state index contributed by atoms with van der Waals surface area (Å²) in [5, 5.41) is 12.5. The molecule has 0 spiro atoms. The van der Waals surface area contributed by atoms with E-state index in [4.69, 9.17) is 21.5 Å². The standard InChI is InChI=1S/C11H14ClNO2/c1-3-6-15-11-5-4-9(12)7-10(11)8(2)13-14/h4-5,7,14H,3,6H2,1-2H3/b13-8+. The van der Waals surface area contributed by atoms with Crippen molar-refractivity contribution >= 4 is 17.3 Å². The van der Waals surface area contributed by atoms with Crippen molar-refractivity contribution in [3.05, 3.63) is 28.8 Å². The minimum atomic E-state index is 0.489. The van der Waals surface area contributed by atoms with E-state index in [0.717, 1.165) is 12.0 Å². The molecular formula is C11H14ClNO2. The zero-order chi connectivity index (χ0) is 11.3. The van der Waals surface area contributed by atoms with Crippen molar-refractivity contribution in [1.82, 2.24) is 0 Å². The number of nitrogens with zero attached hydrogens (tertiary/aromatic N) is 1. The van der Waals surface area contributed by atoms with Gasteiger partial charge in [-0.1, -0.05) is 23.7 Å². The van der Waals surface area contributed by atoms with E-state index in [2.05, 4.69) is 5.16 Å². The molecule has 0 saturated carbocycles. The Labute approximate surface area is 94.3 Å². The van der Waals surface area contributed by atoms with Gasteiger partial charge in [0.15, 0.2) is 0 Å². The van der Waals surface area contributed by atoms with E-state index in [9.17, 15) is 0 Å². The highest BCUT2D eigenvalue weighted by Crippen LogP contribution is 2.23. The van der Waals surface area contributed by atoms with Crippen LogP contribution in [0.2, 0.25) is 5.02 Å². The van der Waals surface area contributed by atoms with Gasteiger partial charge >= 0.3 is 0 Å². The number of rotatable bonds is 4. The molecule has 0 saturated heterocycles. The van der Waals surface area contributed by atoms with Crippen LogP contribution in [0.15, 0.2) is 23.4 Å². The van der Waals surface area contributed by atoms with Crippen LogP contribution in [0.3, 0.4) is 0 Å². The topological polar surface area (TPSA) is 41.8 Å². The minimum absolute atomic E-state index is 0.489. The Hall–Kier alpha value is -1.22. The second-order valence-corrected chi connectivity index (χ2v) is 3.61. The molecule has 0 atom stereocenters. The lowest BCUT2D eigenvalue weighted by Crippen LogP contribution is -2.02. The van der Waals surface area contributed by atoms with Crippen LogP contribution in [-0.2, 0) is 0 Å². The first-order chi connectivity index (χ1) is 7.19. The van der Waals surface area contributed by atoms with Gasteiger partial charge in [-0.3, -0.25) is 0 Å². The van der Waals surface area contributed by atoms with Crippen molar-refractivity contribution in [2.24, 2.45) is 5.16 Å². The summed E-state index contributed by atoms with van der Waals surface area (Å²) in [6, 6.07) is 5.25. The van der Waals surface area contributed by atoms with Gasteiger partial charge in [0, 0.05) is 10.6 Å². The van der Waals surface area contributed by atoms with Crippen LogP contribution >= 0.6 is 11.6 Å². The molecule has 0 bridgehead atoms. The third-order valence-corrected chi connectivity index (χ3v) is 2.18. The number of oxime groups is 1. The van der Waals surface area contributed by atoms with E-state index in [1.807, 2.05) is 6.92 Å². The van der Waals surface area contributed by atoms with E-state index < -0.39 is 0 Å². The van der Waals surface area contributed by atoms with Crippen LogP contribution in [-0.4, -0.2) is 17.5 Å². The summed E-state index contributed by atoms with van der Waals surface area (Å²) < 4.78 is 5.51. The summed E-state index contributed by atoms with van der Waals surface area (Å²) in [5.74, 6) is 0.691. The van der Waals surface area contributed by atoms with Gasteiger partial charge in [-0.05, 0) is 31.5 Å². The molecule has 1 rings (SSSR count). The normalized spacial score (nSPS) is 11.5.